The first kappa shape index (κ1) is 24.1. The van der Waals surface area contributed by atoms with E-state index in [1.165, 1.54) is 32.1 Å². The van der Waals surface area contributed by atoms with E-state index in [1.54, 1.807) is 18.4 Å². The zero-order chi connectivity index (χ0) is 24.4. The molecule has 35 heavy (non-hydrogen) atoms. The van der Waals surface area contributed by atoms with Crippen molar-refractivity contribution in [1.82, 2.24) is 14.9 Å². The molecule has 7 heteroatoms. The summed E-state index contributed by atoms with van der Waals surface area (Å²) in [6.07, 6.45) is 8.45. The number of methoxy groups -OCH3 is 1. The minimum Gasteiger partial charge on any atom is -0.497 e. The Kier molecular flexibility index (Phi) is 7.25. The van der Waals surface area contributed by atoms with Gasteiger partial charge in [-0.1, -0.05) is 19.3 Å². The van der Waals surface area contributed by atoms with Crippen molar-refractivity contribution in [2.45, 2.75) is 77.0 Å². The van der Waals surface area contributed by atoms with E-state index in [9.17, 15) is 9.90 Å². The Hall–Kier alpha value is -2.64. The summed E-state index contributed by atoms with van der Waals surface area (Å²) in [7, 11) is 1.67. The second-order valence-corrected chi connectivity index (χ2v) is 10.8. The highest BCUT2D eigenvalue weighted by atomic mass is 32.1. The minimum absolute atomic E-state index is 0.0947. The number of carbonyl (C=O) groups is 1. The molecule has 2 N–H and O–H groups in total. The molecule has 0 saturated heterocycles. The third kappa shape index (κ3) is 5.16. The van der Waals surface area contributed by atoms with Crippen LogP contribution in [0.15, 0.2) is 35.7 Å². The summed E-state index contributed by atoms with van der Waals surface area (Å²) in [5.41, 5.74) is 4.63. The van der Waals surface area contributed by atoms with E-state index in [1.807, 2.05) is 37.3 Å². The topological polar surface area (TPSA) is 76.4 Å². The van der Waals surface area contributed by atoms with Crippen molar-refractivity contribution in [3.8, 4) is 27.7 Å². The first-order valence-corrected chi connectivity index (χ1v) is 13.7. The Bertz CT molecular complexity index is 1160. The molecule has 2 aliphatic carbocycles. The maximum absolute atomic E-state index is 13.3. The van der Waals surface area contributed by atoms with Gasteiger partial charge in [-0.2, -0.15) is 0 Å². The number of aromatic nitrogens is 2. The van der Waals surface area contributed by atoms with E-state index in [4.69, 9.17) is 9.72 Å². The molecule has 0 aliphatic heterocycles. The SMILES string of the molecule is COc1ccc(-c2nc(-c3cc(C(=O)N[C@@H]4CCC[C@@H]4O)c(C)n3CC3CCCCC3)cs2)cc1. The molecular formula is C28H35N3O3S. The number of carbonyl (C=O) groups excluding carboxylic acids is 1. The average Bonchev–Trinajstić information content (AvgIpc) is 3.60. The van der Waals surface area contributed by atoms with Gasteiger partial charge in [0.2, 0.25) is 0 Å². The first-order chi connectivity index (χ1) is 17.0. The van der Waals surface area contributed by atoms with Crippen LogP contribution in [0, 0.1) is 12.8 Å². The Morgan fingerprint density at radius 3 is 2.60 bits per heavy atom. The number of rotatable bonds is 7. The van der Waals surface area contributed by atoms with Gasteiger partial charge in [-0.25, -0.2) is 4.98 Å². The van der Waals surface area contributed by atoms with E-state index in [0.29, 0.717) is 11.5 Å². The fraction of sp³-hybridized carbons (Fsp3) is 0.500. The molecule has 3 aromatic rings. The van der Waals surface area contributed by atoms with Crippen molar-refractivity contribution in [2.24, 2.45) is 5.92 Å². The van der Waals surface area contributed by atoms with E-state index in [0.717, 1.165) is 59.2 Å². The number of hydrogen-bond donors (Lipinski definition) is 2. The van der Waals surface area contributed by atoms with Gasteiger partial charge in [-0.05, 0) is 75.3 Å². The van der Waals surface area contributed by atoms with Crippen LogP contribution in [0.5, 0.6) is 5.75 Å². The molecule has 2 saturated carbocycles. The maximum atomic E-state index is 13.3. The molecule has 1 aromatic carbocycles. The van der Waals surface area contributed by atoms with E-state index < -0.39 is 6.10 Å². The van der Waals surface area contributed by atoms with E-state index >= 15 is 0 Å². The van der Waals surface area contributed by atoms with Crippen molar-refractivity contribution in [1.29, 1.82) is 0 Å². The Labute approximate surface area is 211 Å². The standard InChI is InChI=1S/C28H35N3O3S/c1-18-22(27(33)29-23-9-6-10-26(23)32)15-25(31(18)16-19-7-4-3-5-8-19)24-17-35-28(30-24)20-11-13-21(34-2)14-12-20/h11-15,17,19,23,26,32H,3-10,16H2,1-2H3,(H,29,33)/t23-,26+/m1/s1. The predicted octanol–water partition coefficient (Wildman–Crippen LogP) is 5.82. The van der Waals surface area contributed by atoms with Crippen LogP contribution in [0.4, 0.5) is 0 Å². The van der Waals surface area contributed by atoms with Crippen molar-refractivity contribution in [2.75, 3.05) is 7.11 Å². The second-order valence-electron chi connectivity index (χ2n) is 9.99. The average molecular weight is 494 g/mol. The number of ether oxygens (including phenoxy) is 1. The smallest absolute Gasteiger partial charge is 0.253 e. The molecule has 2 atom stereocenters. The molecule has 2 fully saturated rings. The molecule has 0 spiro atoms. The van der Waals surface area contributed by atoms with Crippen molar-refractivity contribution in [3.05, 3.63) is 47.0 Å². The van der Waals surface area contributed by atoms with Gasteiger partial charge in [0.15, 0.2) is 0 Å². The molecule has 0 bridgehead atoms. The Morgan fingerprint density at radius 1 is 1.14 bits per heavy atom. The normalized spacial score (nSPS) is 20.8. The zero-order valence-electron chi connectivity index (χ0n) is 20.6. The van der Waals surface area contributed by atoms with Crippen LogP contribution in [0.25, 0.3) is 22.0 Å². The molecule has 5 rings (SSSR count). The summed E-state index contributed by atoms with van der Waals surface area (Å²) in [4.78, 5) is 18.3. The van der Waals surface area contributed by atoms with Crippen LogP contribution >= 0.6 is 11.3 Å². The van der Waals surface area contributed by atoms with Crippen LogP contribution in [-0.4, -0.2) is 39.8 Å². The van der Waals surface area contributed by atoms with E-state index in [-0.39, 0.29) is 11.9 Å². The third-order valence-electron chi connectivity index (χ3n) is 7.68. The molecule has 0 unspecified atom stereocenters. The number of nitrogens with one attached hydrogen (secondary N) is 1. The summed E-state index contributed by atoms with van der Waals surface area (Å²) >= 11 is 1.62. The molecule has 2 aromatic heterocycles. The summed E-state index contributed by atoms with van der Waals surface area (Å²) in [5.74, 6) is 1.36. The molecule has 2 aliphatic rings. The highest BCUT2D eigenvalue weighted by Crippen LogP contribution is 2.34. The van der Waals surface area contributed by atoms with Crippen molar-refractivity contribution < 1.29 is 14.6 Å². The first-order valence-electron chi connectivity index (χ1n) is 12.8. The lowest BCUT2D eigenvalue weighted by Gasteiger charge is -2.24. The molecule has 186 valence electrons. The quantitative estimate of drug-likeness (QED) is 0.435. The molecular weight excluding hydrogens is 458 g/mol. The molecule has 1 amide bonds. The summed E-state index contributed by atoms with van der Waals surface area (Å²) in [6, 6.07) is 9.80. The number of amides is 1. The van der Waals surface area contributed by atoms with Crippen LogP contribution in [-0.2, 0) is 6.54 Å². The lowest BCUT2D eigenvalue weighted by Crippen LogP contribution is -2.40. The number of hydrogen-bond acceptors (Lipinski definition) is 5. The number of aliphatic hydroxyl groups is 1. The van der Waals surface area contributed by atoms with Gasteiger partial charge >= 0.3 is 0 Å². The van der Waals surface area contributed by atoms with Crippen LogP contribution < -0.4 is 10.1 Å². The zero-order valence-corrected chi connectivity index (χ0v) is 21.4. The number of thiazole rings is 1. The summed E-state index contributed by atoms with van der Waals surface area (Å²) in [5, 5.41) is 16.3. The van der Waals surface area contributed by atoms with Crippen LogP contribution in [0.2, 0.25) is 0 Å². The molecule has 2 heterocycles. The Morgan fingerprint density at radius 2 is 1.91 bits per heavy atom. The van der Waals surface area contributed by atoms with Crippen LogP contribution in [0.3, 0.4) is 0 Å². The summed E-state index contributed by atoms with van der Waals surface area (Å²) < 4.78 is 7.59. The summed E-state index contributed by atoms with van der Waals surface area (Å²) in [6.45, 7) is 2.96. The fourth-order valence-corrected chi connectivity index (χ4v) is 6.38. The van der Waals surface area contributed by atoms with Gasteiger partial charge < -0.3 is 19.7 Å². The van der Waals surface area contributed by atoms with Gasteiger partial charge in [0.25, 0.3) is 5.91 Å². The number of benzene rings is 1. The second kappa shape index (κ2) is 10.5. The highest BCUT2D eigenvalue weighted by Gasteiger charge is 2.29. The van der Waals surface area contributed by atoms with E-state index in [2.05, 4.69) is 15.3 Å². The predicted molar refractivity (Wildman–Crippen MR) is 140 cm³/mol. The molecule has 0 radical (unpaired) electrons. The largest absolute Gasteiger partial charge is 0.497 e. The maximum Gasteiger partial charge on any atom is 0.253 e. The van der Waals surface area contributed by atoms with Gasteiger partial charge in [0, 0.05) is 23.2 Å². The number of aliphatic hydroxyl groups excluding tert-OH is 1. The van der Waals surface area contributed by atoms with Crippen molar-refractivity contribution >= 4 is 17.2 Å². The number of nitrogens with zero attached hydrogens (tertiary/aromatic N) is 2. The lowest BCUT2D eigenvalue weighted by molar-refractivity contribution is 0.0872. The highest BCUT2D eigenvalue weighted by molar-refractivity contribution is 7.13. The van der Waals surface area contributed by atoms with Gasteiger partial charge in [-0.15, -0.1) is 11.3 Å². The Balaban J connectivity index is 1.46. The third-order valence-corrected chi connectivity index (χ3v) is 8.57. The van der Waals surface area contributed by atoms with Crippen molar-refractivity contribution in [3.63, 3.8) is 0 Å². The lowest BCUT2D eigenvalue weighted by atomic mass is 9.89. The van der Waals surface area contributed by atoms with Crippen LogP contribution in [0.1, 0.15) is 67.4 Å². The van der Waals surface area contributed by atoms with Gasteiger partial charge in [-0.3, -0.25) is 4.79 Å². The van der Waals surface area contributed by atoms with Gasteiger partial charge in [0.05, 0.1) is 36.2 Å². The minimum atomic E-state index is -0.450. The monoisotopic (exact) mass is 493 g/mol. The van der Waals surface area contributed by atoms with Gasteiger partial charge in [0.1, 0.15) is 10.8 Å². The fourth-order valence-electron chi connectivity index (χ4n) is 5.56. The molecule has 6 nitrogen and oxygen atoms in total.